The van der Waals surface area contributed by atoms with E-state index in [2.05, 4.69) is 10.4 Å². The van der Waals surface area contributed by atoms with Crippen molar-refractivity contribution in [3.8, 4) is 0 Å². The van der Waals surface area contributed by atoms with Gasteiger partial charge in [-0.3, -0.25) is 4.68 Å². The highest BCUT2D eigenvalue weighted by Gasteiger charge is 2.20. The molecule has 21 heavy (non-hydrogen) atoms. The molecular formula is C15H18Cl2FN3. The van der Waals surface area contributed by atoms with Crippen LogP contribution in [0.15, 0.2) is 18.2 Å². The minimum Gasteiger partial charge on any atom is -0.310 e. The molecule has 0 amide bonds. The van der Waals surface area contributed by atoms with Crippen molar-refractivity contribution in [2.45, 2.75) is 26.3 Å². The molecule has 0 bridgehead atoms. The van der Waals surface area contributed by atoms with Crippen LogP contribution in [0.3, 0.4) is 0 Å². The molecule has 114 valence electrons. The molecule has 2 rings (SSSR count). The van der Waals surface area contributed by atoms with Gasteiger partial charge in [-0.05, 0) is 31.7 Å². The Morgan fingerprint density at radius 3 is 2.67 bits per heavy atom. The highest BCUT2D eigenvalue weighted by atomic mass is 35.5. The van der Waals surface area contributed by atoms with Gasteiger partial charge < -0.3 is 5.32 Å². The van der Waals surface area contributed by atoms with E-state index in [0.29, 0.717) is 28.6 Å². The van der Waals surface area contributed by atoms with E-state index < -0.39 is 0 Å². The third-order valence-corrected chi connectivity index (χ3v) is 4.17. The number of nitrogens with zero attached hydrogens (tertiary/aromatic N) is 2. The number of nitrogens with one attached hydrogen (secondary N) is 1. The lowest BCUT2D eigenvalue weighted by Gasteiger charge is -2.19. The first-order chi connectivity index (χ1) is 9.93. The van der Waals surface area contributed by atoms with Gasteiger partial charge in [-0.1, -0.05) is 30.1 Å². The molecular weight excluding hydrogens is 312 g/mol. The van der Waals surface area contributed by atoms with Crippen LogP contribution in [0, 0.1) is 12.7 Å². The fourth-order valence-electron chi connectivity index (χ4n) is 2.42. The molecule has 0 aliphatic carbocycles. The summed E-state index contributed by atoms with van der Waals surface area (Å²) in [5, 5.41) is 8.72. The van der Waals surface area contributed by atoms with Crippen LogP contribution in [0.5, 0.6) is 0 Å². The first kappa shape index (κ1) is 16.3. The number of halogens is 3. The lowest BCUT2D eigenvalue weighted by molar-refractivity contribution is 0.497. The van der Waals surface area contributed by atoms with E-state index in [-0.39, 0.29) is 11.9 Å². The summed E-state index contributed by atoms with van der Waals surface area (Å²) in [5.74, 6) is -0.277. The van der Waals surface area contributed by atoms with Gasteiger partial charge in [-0.15, -0.1) is 0 Å². The van der Waals surface area contributed by atoms with Crippen molar-refractivity contribution in [1.82, 2.24) is 15.1 Å². The average Bonchev–Trinajstić information content (AvgIpc) is 2.67. The maximum Gasteiger partial charge on any atom is 0.128 e. The van der Waals surface area contributed by atoms with Crippen LogP contribution in [-0.2, 0) is 13.5 Å². The van der Waals surface area contributed by atoms with Gasteiger partial charge in [-0.25, -0.2) is 4.39 Å². The van der Waals surface area contributed by atoms with Crippen molar-refractivity contribution < 1.29 is 4.39 Å². The van der Waals surface area contributed by atoms with Crippen molar-refractivity contribution in [3.63, 3.8) is 0 Å². The van der Waals surface area contributed by atoms with Crippen LogP contribution in [0.4, 0.5) is 4.39 Å². The van der Waals surface area contributed by atoms with Crippen molar-refractivity contribution in [2.24, 2.45) is 7.05 Å². The number of rotatable bonds is 5. The van der Waals surface area contributed by atoms with Crippen molar-refractivity contribution >= 4 is 23.2 Å². The number of benzene rings is 1. The molecule has 1 atom stereocenters. The van der Waals surface area contributed by atoms with Crippen LogP contribution >= 0.6 is 23.2 Å². The van der Waals surface area contributed by atoms with E-state index in [0.717, 1.165) is 11.4 Å². The topological polar surface area (TPSA) is 29.9 Å². The molecule has 0 radical (unpaired) electrons. The van der Waals surface area contributed by atoms with E-state index in [1.165, 1.54) is 6.07 Å². The number of likely N-dealkylation sites (N-methyl/N-ethyl adjacent to an activating group) is 1. The van der Waals surface area contributed by atoms with E-state index >= 15 is 0 Å². The summed E-state index contributed by atoms with van der Waals surface area (Å²) >= 11 is 12.3. The largest absolute Gasteiger partial charge is 0.310 e. The zero-order valence-electron chi connectivity index (χ0n) is 12.3. The summed E-state index contributed by atoms with van der Waals surface area (Å²) in [5.41, 5.74) is 2.19. The summed E-state index contributed by atoms with van der Waals surface area (Å²) < 4.78 is 15.8. The smallest absolute Gasteiger partial charge is 0.128 e. The Hall–Kier alpha value is -1.10. The van der Waals surface area contributed by atoms with Gasteiger partial charge >= 0.3 is 0 Å². The standard InChI is InChI=1S/C15H18Cl2FN3/c1-4-19-13(11-7-10(16)5-6-12(11)18)8-14-15(17)9(2)20-21(14)3/h5-7,13,19H,4,8H2,1-3H3. The predicted octanol–water partition coefficient (Wildman–Crippen LogP) is 4.07. The van der Waals surface area contributed by atoms with Gasteiger partial charge in [0, 0.05) is 30.1 Å². The van der Waals surface area contributed by atoms with Crippen LogP contribution in [0.2, 0.25) is 10.0 Å². The second kappa shape index (κ2) is 6.77. The minimum absolute atomic E-state index is 0.207. The molecule has 0 saturated carbocycles. The molecule has 0 fully saturated rings. The van der Waals surface area contributed by atoms with Crippen molar-refractivity contribution in [3.05, 3.63) is 51.0 Å². The van der Waals surface area contributed by atoms with Crippen LogP contribution < -0.4 is 5.32 Å². The van der Waals surface area contributed by atoms with Crippen LogP contribution in [0.25, 0.3) is 0 Å². The Morgan fingerprint density at radius 2 is 2.10 bits per heavy atom. The summed E-state index contributed by atoms with van der Waals surface area (Å²) in [7, 11) is 1.84. The van der Waals surface area contributed by atoms with E-state index in [4.69, 9.17) is 23.2 Å². The highest BCUT2D eigenvalue weighted by molar-refractivity contribution is 6.32. The third-order valence-electron chi connectivity index (χ3n) is 3.44. The van der Waals surface area contributed by atoms with Gasteiger partial charge in [-0.2, -0.15) is 5.10 Å². The first-order valence-electron chi connectivity index (χ1n) is 6.80. The van der Waals surface area contributed by atoms with Crippen LogP contribution in [-0.4, -0.2) is 16.3 Å². The van der Waals surface area contributed by atoms with Gasteiger partial charge in [0.2, 0.25) is 0 Å². The highest BCUT2D eigenvalue weighted by Crippen LogP contribution is 2.28. The SMILES string of the molecule is CCNC(Cc1c(Cl)c(C)nn1C)c1cc(Cl)ccc1F. The molecule has 6 heteroatoms. The van der Waals surface area contributed by atoms with Crippen molar-refractivity contribution in [1.29, 1.82) is 0 Å². The summed E-state index contributed by atoms with van der Waals surface area (Å²) in [6.07, 6.45) is 0.543. The average molecular weight is 330 g/mol. The number of aromatic nitrogens is 2. The number of aryl methyl sites for hydroxylation is 2. The molecule has 1 heterocycles. The molecule has 2 aromatic rings. The molecule has 1 aromatic carbocycles. The monoisotopic (exact) mass is 329 g/mol. The Labute approximate surface area is 134 Å². The third kappa shape index (κ3) is 3.57. The van der Waals surface area contributed by atoms with Gasteiger partial charge in [0.05, 0.1) is 16.4 Å². The Morgan fingerprint density at radius 1 is 1.38 bits per heavy atom. The second-order valence-electron chi connectivity index (χ2n) is 4.95. The summed E-state index contributed by atoms with van der Waals surface area (Å²) in [4.78, 5) is 0. The maximum absolute atomic E-state index is 14.1. The number of hydrogen-bond donors (Lipinski definition) is 1. The second-order valence-corrected chi connectivity index (χ2v) is 5.76. The lowest BCUT2D eigenvalue weighted by atomic mass is 10.0. The molecule has 0 aliphatic rings. The summed E-state index contributed by atoms with van der Waals surface area (Å²) in [6, 6.07) is 4.38. The molecule has 1 aromatic heterocycles. The van der Waals surface area contributed by atoms with E-state index in [9.17, 15) is 4.39 Å². The lowest BCUT2D eigenvalue weighted by Crippen LogP contribution is -2.25. The first-order valence-corrected chi connectivity index (χ1v) is 7.56. The number of hydrogen-bond acceptors (Lipinski definition) is 2. The predicted molar refractivity (Wildman–Crippen MR) is 84.5 cm³/mol. The minimum atomic E-state index is -0.277. The van der Waals surface area contributed by atoms with Crippen LogP contribution in [0.1, 0.15) is 29.9 Å². The Kier molecular flexibility index (Phi) is 5.25. The molecule has 1 unspecified atom stereocenters. The Balaban J connectivity index is 2.37. The van der Waals surface area contributed by atoms with Gasteiger partial charge in [0.15, 0.2) is 0 Å². The van der Waals surface area contributed by atoms with Gasteiger partial charge in [0.25, 0.3) is 0 Å². The van der Waals surface area contributed by atoms with E-state index in [1.54, 1.807) is 16.8 Å². The van der Waals surface area contributed by atoms with Gasteiger partial charge in [0.1, 0.15) is 5.82 Å². The molecule has 0 aliphatic heterocycles. The zero-order valence-corrected chi connectivity index (χ0v) is 13.8. The normalized spacial score (nSPS) is 12.7. The molecule has 3 nitrogen and oxygen atoms in total. The molecule has 1 N–H and O–H groups in total. The van der Waals surface area contributed by atoms with E-state index in [1.807, 2.05) is 20.9 Å². The zero-order chi connectivity index (χ0) is 15.6. The fourth-order valence-corrected chi connectivity index (χ4v) is 2.83. The summed E-state index contributed by atoms with van der Waals surface area (Å²) in [6.45, 7) is 4.55. The fraction of sp³-hybridized carbons (Fsp3) is 0.400. The quantitative estimate of drug-likeness (QED) is 0.896. The van der Waals surface area contributed by atoms with Crippen molar-refractivity contribution in [2.75, 3.05) is 6.54 Å². The Bertz CT molecular complexity index is 640. The molecule has 0 spiro atoms. The molecule has 0 saturated heterocycles. The maximum atomic E-state index is 14.1.